The number of amides is 2. The van der Waals surface area contributed by atoms with Gasteiger partial charge in [0.2, 0.25) is 11.9 Å². The van der Waals surface area contributed by atoms with Gasteiger partial charge in [0.1, 0.15) is 0 Å². The van der Waals surface area contributed by atoms with Gasteiger partial charge in [-0.2, -0.15) is 20.0 Å². The topological polar surface area (TPSA) is 148 Å². The first-order valence-corrected chi connectivity index (χ1v) is 10.4. The Morgan fingerprint density at radius 3 is 2.61 bits per heavy atom. The van der Waals surface area contributed by atoms with E-state index < -0.39 is 5.91 Å². The van der Waals surface area contributed by atoms with Gasteiger partial charge in [-0.15, -0.1) is 10.2 Å². The van der Waals surface area contributed by atoms with Gasteiger partial charge in [0.05, 0.1) is 18.1 Å². The first-order valence-electron chi connectivity index (χ1n) is 10.4. The predicted molar refractivity (Wildman–Crippen MR) is 121 cm³/mol. The molecule has 2 amide bonds. The number of hydrogen-bond donors (Lipinski definition) is 2. The average Bonchev–Trinajstić information content (AvgIpc) is 3.38. The summed E-state index contributed by atoms with van der Waals surface area (Å²) >= 11 is 0. The zero-order valence-electron chi connectivity index (χ0n) is 18.1. The van der Waals surface area contributed by atoms with Crippen LogP contribution >= 0.6 is 0 Å². The Morgan fingerprint density at radius 2 is 1.94 bits per heavy atom. The van der Waals surface area contributed by atoms with Crippen LogP contribution in [0.25, 0.3) is 5.69 Å². The number of nitrogens with two attached hydrogens (primary N) is 1. The van der Waals surface area contributed by atoms with Gasteiger partial charge in [0, 0.05) is 31.9 Å². The molecular formula is C21H24N10O2. The van der Waals surface area contributed by atoms with Crippen molar-refractivity contribution < 1.29 is 9.59 Å². The maximum Gasteiger partial charge on any atom is 0.273 e. The molecule has 1 fully saturated rings. The number of piperidine rings is 1. The minimum absolute atomic E-state index is 0.00224. The number of likely N-dealkylation sites (N-methyl/N-ethyl adjacent to an activating group) is 1. The first-order chi connectivity index (χ1) is 16.0. The van der Waals surface area contributed by atoms with Crippen LogP contribution in [0.3, 0.4) is 0 Å². The molecule has 1 unspecified atom stereocenters. The molecule has 2 aromatic heterocycles. The Balaban J connectivity index is 1.56. The summed E-state index contributed by atoms with van der Waals surface area (Å²) in [4.78, 5) is 33.5. The Labute approximate surface area is 190 Å². The first kappa shape index (κ1) is 21.9. The highest BCUT2D eigenvalue weighted by molar-refractivity contribution is 5.96. The molecule has 0 radical (unpaired) electrons. The molecule has 3 aromatic rings. The number of likely N-dealkylation sites (tertiary alicyclic amines) is 1. The molecule has 1 saturated heterocycles. The molecule has 4 rings (SSSR count). The molecular weight excluding hydrogens is 424 g/mol. The standard InChI is InChI=1S/C21H24N10O2/c1-3-17(32)30-12-4-5-16(13-30)29(2)21-26-20(18(19(22)33)27-28-21)25-14-6-8-15(9-7-14)31-23-10-11-24-31/h3,6-11,16H,1,4-5,12-13H2,2H3,(H2,22,33)(H,25,26,28). The second-order valence-electron chi connectivity index (χ2n) is 7.56. The molecule has 0 spiro atoms. The third-order valence-corrected chi connectivity index (χ3v) is 5.43. The van der Waals surface area contributed by atoms with Crippen LogP contribution in [0.2, 0.25) is 0 Å². The molecule has 1 aromatic carbocycles. The van der Waals surface area contributed by atoms with Gasteiger partial charge in [-0.3, -0.25) is 9.59 Å². The van der Waals surface area contributed by atoms with Gasteiger partial charge in [-0.1, -0.05) is 6.58 Å². The van der Waals surface area contributed by atoms with Crippen molar-refractivity contribution in [3.63, 3.8) is 0 Å². The SMILES string of the molecule is C=CC(=O)N1CCCC(N(C)c2nnc(C(N)=O)c(Nc3ccc(-n4nccn4)cc3)n2)C1. The van der Waals surface area contributed by atoms with Crippen LogP contribution in [0.15, 0.2) is 49.3 Å². The third kappa shape index (κ3) is 4.79. The summed E-state index contributed by atoms with van der Waals surface area (Å²) in [6, 6.07) is 7.24. The Hall–Kier alpha value is -4.35. The predicted octanol–water partition coefficient (Wildman–Crippen LogP) is 0.908. The summed E-state index contributed by atoms with van der Waals surface area (Å²) in [5.41, 5.74) is 6.86. The monoisotopic (exact) mass is 448 g/mol. The number of carbonyl (C=O) groups excluding carboxylic acids is 2. The number of hydrogen-bond acceptors (Lipinski definition) is 9. The number of nitrogens with one attached hydrogen (secondary N) is 1. The Morgan fingerprint density at radius 1 is 1.21 bits per heavy atom. The summed E-state index contributed by atoms with van der Waals surface area (Å²) in [5, 5.41) is 19.4. The van der Waals surface area contributed by atoms with E-state index in [1.807, 2.05) is 24.1 Å². The Kier molecular flexibility index (Phi) is 6.24. The lowest BCUT2D eigenvalue weighted by atomic mass is 10.0. The number of benzene rings is 1. The second kappa shape index (κ2) is 9.42. The van der Waals surface area contributed by atoms with Crippen molar-refractivity contribution in [2.45, 2.75) is 18.9 Å². The minimum Gasteiger partial charge on any atom is -0.364 e. The molecule has 3 N–H and O–H groups in total. The molecule has 1 aliphatic rings. The van der Waals surface area contributed by atoms with E-state index in [4.69, 9.17) is 5.73 Å². The van der Waals surface area contributed by atoms with Crippen LogP contribution in [0.4, 0.5) is 17.5 Å². The van der Waals surface area contributed by atoms with Crippen molar-refractivity contribution in [3.8, 4) is 5.69 Å². The van der Waals surface area contributed by atoms with Gasteiger partial charge < -0.3 is 20.9 Å². The number of aromatic nitrogens is 6. The molecule has 0 saturated carbocycles. The molecule has 0 aliphatic carbocycles. The average molecular weight is 448 g/mol. The van der Waals surface area contributed by atoms with Gasteiger partial charge in [-0.25, -0.2) is 0 Å². The number of nitrogens with zero attached hydrogens (tertiary/aromatic N) is 8. The quantitative estimate of drug-likeness (QED) is 0.503. The van der Waals surface area contributed by atoms with E-state index in [0.29, 0.717) is 24.7 Å². The molecule has 0 bridgehead atoms. The van der Waals surface area contributed by atoms with Crippen LogP contribution in [0.1, 0.15) is 23.3 Å². The number of carbonyl (C=O) groups is 2. The molecule has 3 heterocycles. The smallest absolute Gasteiger partial charge is 0.273 e. The van der Waals surface area contributed by atoms with Gasteiger partial charge >= 0.3 is 0 Å². The highest BCUT2D eigenvalue weighted by Gasteiger charge is 2.27. The van der Waals surface area contributed by atoms with Crippen molar-refractivity contribution in [2.75, 3.05) is 30.4 Å². The number of anilines is 3. The van der Waals surface area contributed by atoms with Crippen LogP contribution in [-0.2, 0) is 4.79 Å². The fourth-order valence-electron chi connectivity index (χ4n) is 3.65. The normalized spacial score (nSPS) is 15.7. The van der Waals surface area contributed by atoms with E-state index in [1.165, 1.54) is 10.9 Å². The minimum atomic E-state index is -0.746. The maximum absolute atomic E-state index is 12.0. The highest BCUT2D eigenvalue weighted by Crippen LogP contribution is 2.23. The van der Waals surface area contributed by atoms with E-state index in [2.05, 4.69) is 37.3 Å². The lowest BCUT2D eigenvalue weighted by Crippen LogP contribution is -2.48. The maximum atomic E-state index is 12.0. The lowest BCUT2D eigenvalue weighted by Gasteiger charge is -2.37. The molecule has 1 aliphatic heterocycles. The Bertz CT molecular complexity index is 1150. The molecule has 1 atom stereocenters. The fraction of sp³-hybridized carbons (Fsp3) is 0.286. The van der Waals surface area contributed by atoms with Crippen molar-refractivity contribution >= 4 is 29.3 Å². The van der Waals surface area contributed by atoms with Gasteiger partial charge in [0.25, 0.3) is 5.91 Å². The molecule has 12 heteroatoms. The van der Waals surface area contributed by atoms with E-state index in [9.17, 15) is 9.59 Å². The van der Waals surface area contributed by atoms with Crippen molar-refractivity contribution in [3.05, 3.63) is 55.0 Å². The summed E-state index contributed by atoms with van der Waals surface area (Å²) in [6.07, 6.45) is 6.22. The second-order valence-corrected chi connectivity index (χ2v) is 7.56. The molecule has 170 valence electrons. The van der Waals surface area contributed by atoms with Crippen LogP contribution < -0.4 is 16.0 Å². The fourth-order valence-corrected chi connectivity index (χ4v) is 3.65. The van der Waals surface area contributed by atoms with Gasteiger partial charge in [-0.05, 0) is 43.2 Å². The highest BCUT2D eigenvalue weighted by atomic mass is 16.2. The van der Waals surface area contributed by atoms with Crippen molar-refractivity contribution in [1.82, 2.24) is 35.1 Å². The largest absolute Gasteiger partial charge is 0.364 e. The van der Waals surface area contributed by atoms with E-state index in [0.717, 1.165) is 18.5 Å². The summed E-state index contributed by atoms with van der Waals surface area (Å²) in [5.74, 6) is -0.339. The van der Waals surface area contributed by atoms with Gasteiger partial charge in [0.15, 0.2) is 11.5 Å². The number of rotatable bonds is 7. The summed E-state index contributed by atoms with van der Waals surface area (Å²) in [6.45, 7) is 4.77. The van der Waals surface area contributed by atoms with Crippen LogP contribution in [0, 0.1) is 0 Å². The summed E-state index contributed by atoms with van der Waals surface area (Å²) in [7, 11) is 1.84. The van der Waals surface area contributed by atoms with Crippen LogP contribution in [-0.4, -0.2) is 73.1 Å². The zero-order chi connectivity index (χ0) is 23.4. The van der Waals surface area contributed by atoms with E-state index in [-0.39, 0.29) is 23.5 Å². The number of primary amides is 1. The van der Waals surface area contributed by atoms with Crippen LogP contribution in [0.5, 0.6) is 0 Å². The van der Waals surface area contributed by atoms with Crippen molar-refractivity contribution in [1.29, 1.82) is 0 Å². The lowest BCUT2D eigenvalue weighted by molar-refractivity contribution is -0.127. The molecule has 33 heavy (non-hydrogen) atoms. The van der Waals surface area contributed by atoms with E-state index >= 15 is 0 Å². The molecule has 12 nitrogen and oxygen atoms in total. The van der Waals surface area contributed by atoms with Crippen molar-refractivity contribution in [2.24, 2.45) is 5.73 Å². The van der Waals surface area contributed by atoms with E-state index in [1.54, 1.807) is 29.4 Å². The summed E-state index contributed by atoms with van der Waals surface area (Å²) < 4.78 is 0. The zero-order valence-corrected chi connectivity index (χ0v) is 18.1. The third-order valence-electron chi connectivity index (χ3n) is 5.43.